The molecule has 1 aromatic rings. The van der Waals surface area contributed by atoms with Crippen molar-refractivity contribution in [3.8, 4) is 0 Å². The summed E-state index contributed by atoms with van der Waals surface area (Å²) in [6, 6.07) is 10.8. The molecule has 1 aromatic carbocycles. The predicted molar refractivity (Wildman–Crippen MR) is 68.8 cm³/mol. The summed E-state index contributed by atoms with van der Waals surface area (Å²) in [5.41, 5.74) is 7.02. The summed E-state index contributed by atoms with van der Waals surface area (Å²) in [6.45, 7) is 8.77. The molecular formula is C14H21N. The Bertz CT molecular complexity index is 256. The third-order valence-corrected chi connectivity index (χ3v) is 1.90. The van der Waals surface area contributed by atoms with Crippen molar-refractivity contribution in [2.45, 2.75) is 25.8 Å². The molecule has 0 spiro atoms. The smallest absolute Gasteiger partial charge is 0.00136 e. The SMILES string of the molecule is C=CC=C.CC(N)CCc1ccccc1. The van der Waals surface area contributed by atoms with Crippen LogP contribution in [0.3, 0.4) is 0 Å². The van der Waals surface area contributed by atoms with Crippen molar-refractivity contribution >= 4 is 0 Å². The highest BCUT2D eigenvalue weighted by Crippen LogP contribution is 2.02. The molecule has 0 radical (unpaired) electrons. The Morgan fingerprint density at radius 1 is 1.20 bits per heavy atom. The van der Waals surface area contributed by atoms with Crippen LogP contribution < -0.4 is 5.73 Å². The second-order valence-electron chi connectivity index (χ2n) is 3.47. The summed E-state index contributed by atoms with van der Waals surface area (Å²) in [5.74, 6) is 0. The maximum Gasteiger partial charge on any atom is 0.00136 e. The van der Waals surface area contributed by atoms with E-state index in [1.54, 1.807) is 12.2 Å². The number of allylic oxidation sites excluding steroid dienone is 2. The lowest BCUT2D eigenvalue weighted by Crippen LogP contribution is -2.15. The fourth-order valence-corrected chi connectivity index (χ4v) is 1.04. The molecule has 1 rings (SSSR count). The van der Waals surface area contributed by atoms with E-state index < -0.39 is 0 Å². The standard InChI is InChI=1S/C10H15N.C4H6/c1-9(11)7-8-10-5-3-2-4-6-10;1-3-4-2/h2-6,9H,7-8,11H2,1H3;3-4H,1-2H2. The molecule has 0 aromatic heterocycles. The maximum atomic E-state index is 5.64. The summed E-state index contributed by atoms with van der Waals surface area (Å²) in [7, 11) is 0. The molecule has 15 heavy (non-hydrogen) atoms. The third-order valence-electron chi connectivity index (χ3n) is 1.90. The van der Waals surface area contributed by atoms with Crippen molar-refractivity contribution in [2.24, 2.45) is 5.73 Å². The Kier molecular flexibility index (Phi) is 8.40. The summed E-state index contributed by atoms with van der Waals surface area (Å²) in [6.07, 6.45) is 5.45. The largest absolute Gasteiger partial charge is 0.328 e. The minimum absolute atomic E-state index is 0.315. The first-order valence-electron chi connectivity index (χ1n) is 5.23. The molecular weight excluding hydrogens is 182 g/mol. The first-order chi connectivity index (χ1) is 7.20. The van der Waals surface area contributed by atoms with Crippen LogP contribution in [0.5, 0.6) is 0 Å². The van der Waals surface area contributed by atoms with E-state index in [4.69, 9.17) is 5.73 Å². The van der Waals surface area contributed by atoms with Crippen molar-refractivity contribution < 1.29 is 0 Å². The Balaban J connectivity index is 0.000000423. The van der Waals surface area contributed by atoms with Gasteiger partial charge in [0, 0.05) is 6.04 Å². The van der Waals surface area contributed by atoms with Crippen LogP contribution in [0.2, 0.25) is 0 Å². The van der Waals surface area contributed by atoms with Crippen LogP contribution in [0, 0.1) is 0 Å². The molecule has 0 aliphatic heterocycles. The van der Waals surface area contributed by atoms with E-state index in [9.17, 15) is 0 Å². The molecule has 1 nitrogen and oxygen atoms in total. The molecule has 0 aliphatic rings. The number of hydrogen-bond donors (Lipinski definition) is 1. The van der Waals surface area contributed by atoms with E-state index in [0.29, 0.717) is 6.04 Å². The van der Waals surface area contributed by atoms with Gasteiger partial charge in [-0.1, -0.05) is 55.6 Å². The fraction of sp³-hybridized carbons (Fsp3) is 0.286. The lowest BCUT2D eigenvalue weighted by molar-refractivity contribution is 0.666. The van der Waals surface area contributed by atoms with E-state index in [1.165, 1.54) is 5.56 Å². The number of rotatable bonds is 4. The van der Waals surface area contributed by atoms with E-state index in [2.05, 4.69) is 37.4 Å². The zero-order valence-electron chi connectivity index (χ0n) is 9.52. The normalized spacial score (nSPS) is 10.8. The third kappa shape index (κ3) is 8.98. The highest BCUT2D eigenvalue weighted by Gasteiger charge is 1.94. The topological polar surface area (TPSA) is 26.0 Å². The minimum atomic E-state index is 0.315. The van der Waals surface area contributed by atoms with Crippen molar-refractivity contribution in [3.63, 3.8) is 0 Å². The molecule has 1 heteroatoms. The van der Waals surface area contributed by atoms with Gasteiger partial charge in [0.15, 0.2) is 0 Å². The van der Waals surface area contributed by atoms with Crippen LogP contribution in [-0.2, 0) is 6.42 Å². The van der Waals surface area contributed by atoms with Crippen LogP contribution in [-0.4, -0.2) is 6.04 Å². The van der Waals surface area contributed by atoms with Gasteiger partial charge in [0.25, 0.3) is 0 Å². The summed E-state index contributed by atoms with van der Waals surface area (Å²) < 4.78 is 0. The lowest BCUT2D eigenvalue weighted by Gasteiger charge is -2.03. The van der Waals surface area contributed by atoms with Gasteiger partial charge >= 0.3 is 0 Å². The highest BCUT2D eigenvalue weighted by molar-refractivity contribution is 5.14. The van der Waals surface area contributed by atoms with Crippen molar-refractivity contribution in [1.82, 2.24) is 0 Å². The van der Waals surface area contributed by atoms with Gasteiger partial charge in [0.05, 0.1) is 0 Å². The van der Waals surface area contributed by atoms with E-state index in [1.807, 2.05) is 13.0 Å². The zero-order chi connectivity index (χ0) is 11.5. The van der Waals surface area contributed by atoms with Gasteiger partial charge < -0.3 is 5.73 Å². The van der Waals surface area contributed by atoms with E-state index in [-0.39, 0.29) is 0 Å². The molecule has 0 fully saturated rings. The minimum Gasteiger partial charge on any atom is -0.328 e. The molecule has 0 amide bonds. The molecule has 1 atom stereocenters. The molecule has 2 N–H and O–H groups in total. The first kappa shape index (κ1) is 13.7. The molecule has 0 heterocycles. The quantitative estimate of drug-likeness (QED) is 0.746. The Morgan fingerprint density at radius 2 is 1.73 bits per heavy atom. The van der Waals surface area contributed by atoms with Crippen molar-refractivity contribution in [3.05, 3.63) is 61.2 Å². The van der Waals surface area contributed by atoms with Crippen LogP contribution in [0.1, 0.15) is 18.9 Å². The zero-order valence-corrected chi connectivity index (χ0v) is 9.52. The van der Waals surface area contributed by atoms with E-state index in [0.717, 1.165) is 12.8 Å². The van der Waals surface area contributed by atoms with Gasteiger partial charge in [-0.15, -0.1) is 0 Å². The van der Waals surface area contributed by atoms with Crippen LogP contribution in [0.15, 0.2) is 55.6 Å². The monoisotopic (exact) mass is 203 g/mol. The summed E-state index contributed by atoms with van der Waals surface area (Å²) >= 11 is 0. The van der Waals surface area contributed by atoms with Crippen LogP contribution in [0.4, 0.5) is 0 Å². The number of aryl methyl sites for hydroxylation is 1. The van der Waals surface area contributed by atoms with Gasteiger partial charge in [-0.25, -0.2) is 0 Å². The Morgan fingerprint density at radius 3 is 2.13 bits per heavy atom. The Hall–Kier alpha value is -1.34. The molecule has 0 aliphatic carbocycles. The molecule has 82 valence electrons. The predicted octanol–water partition coefficient (Wildman–Crippen LogP) is 3.32. The highest BCUT2D eigenvalue weighted by atomic mass is 14.6. The van der Waals surface area contributed by atoms with Gasteiger partial charge in [0.1, 0.15) is 0 Å². The van der Waals surface area contributed by atoms with Gasteiger partial charge in [-0.3, -0.25) is 0 Å². The van der Waals surface area contributed by atoms with Gasteiger partial charge in [0.2, 0.25) is 0 Å². The van der Waals surface area contributed by atoms with Gasteiger partial charge in [-0.2, -0.15) is 0 Å². The number of nitrogens with two attached hydrogens (primary N) is 1. The second-order valence-corrected chi connectivity index (χ2v) is 3.47. The molecule has 0 bridgehead atoms. The fourth-order valence-electron chi connectivity index (χ4n) is 1.04. The average Bonchev–Trinajstić information content (AvgIpc) is 2.28. The molecule has 0 saturated heterocycles. The maximum absolute atomic E-state index is 5.64. The molecule has 0 saturated carbocycles. The number of benzene rings is 1. The Labute approximate surface area is 93.3 Å². The second kappa shape index (κ2) is 9.22. The van der Waals surface area contributed by atoms with E-state index >= 15 is 0 Å². The molecule has 1 unspecified atom stereocenters. The van der Waals surface area contributed by atoms with Crippen molar-refractivity contribution in [1.29, 1.82) is 0 Å². The average molecular weight is 203 g/mol. The number of hydrogen-bond acceptors (Lipinski definition) is 1. The lowest BCUT2D eigenvalue weighted by atomic mass is 10.1. The summed E-state index contributed by atoms with van der Waals surface area (Å²) in [4.78, 5) is 0. The van der Waals surface area contributed by atoms with Crippen LogP contribution >= 0.6 is 0 Å². The summed E-state index contributed by atoms with van der Waals surface area (Å²) in [5, 5.41) is 0. The van der Waals surface area contributed by atoms with Gasteiger partial charge in [-0.05, 0) is 25.3 Å². The van der Waals surface area contributed by atoms with Crippen molar-refractivity contribution in [2.75, 3.05) is 0 Å². The van der Waals surface area contributed by atoms with Crippen LogP contribution in [0.25, 0.3) is 0 Å². The first-order valence-corrected chi connectivity index (χ1v) is 5.23.